The molecule has 5 rings (SSSR count). The number of hydrogen-bond donors (Lipinski definition) is 1. The second-order valence-electron chi connectivity index (χ2n) is 9.55. The van der Waals surface area contributed by atoms with Gasteiger partial charge in [0.25, 0.3) is 5.91 Å². The molecule has 1 heterocycles. The summed E-state index contributed by atoms with van der Waals surface area (Å²) < 4.78 is 0. The van der Waals surface area contributed by atoms with Crippen molar-refractivity contribution in [2.45, 2.75) is 31.8 Å². The fourth-order valence-corrected chi connectivity index (χ4v) is 4.82. The third kappa shape index (κ3) is 5.85. The summed E-state index contributed by atoms with van der Waals surface area (Å²) >= 11 is 0. The molecule has 0 bridgehead atoms. The topological polar surface area (TPSA) is 79.4 Å². The monoisotopic (exact) mass is 515 g/mol. The van der Waals surface area contributed by atoms with Gasteiger partial charge in [-0.25, -0.2) is 0 Å². The molecule has 0 radical (unpaired) electrons. The summed E-state index contributed by atoms with van der Waals surface area (Å²) in [4.78, 5) is 45.8. The lowest BCUT2D eigenvalue weighted by Crippen LogP contribution is -2.45. The van der Waals surface area contributed by atoms with E-state index in [4.69, 9.17) is 0 Å². The zero-order valence-corrected chi connectivity index (χ0v) is 21.7. The first kappa shape index (κ1) is 25.8. The van der Waals surface area contributed by atoms with Gasteiger partial charge in [-0.05, 0) is 54.3 Å². The summed E-state index contributed by atoms with van der Waals surface area (Å²) in [5, 5.41) is 3.09. The highest BCUT2D eigenvalue weighted by Gasteiger charge is 2.36. The van der Waals surface area contributed by atoms with Crippen LogP contribution in [0.15, 0.2) is 121 Å². The molecule has 0 aliphatic heterocycles. The number of carbonyl (C=O) groups is 3. The van der Waals surface area contributed by atoms with Crippen molar-refractivity contribution in [3.63, 3.8) is 0 Å². The van der Waals surface area contributed by atoms with Gasteiger partial charge in [0.1, 0.15) is 6.04 Å². The largest absolute Gasteiger partial charge is 0.347 e. The van der Waals surface area contributed by atoms with Crippen molar-refractivity contribution >= 4 is 23.3 Å². The second-order valence-corrected chi connectivity index (χ2v) is 9.55. The molecule has 0 fully saturated rings. The van der Waals surface area contributed by atoms with Crippen LogP contribution in [0, 0.1) is 0 Å². The van der Waals surface area contributed by atoms with Crippen molar-refractivity contribution in [2.24, 2.45) is 0 Å². The summed E-state index contributed by atoms with van der Waals surface area (Å²) in [6.45, 7) is 1.91. The van der Waals surface area contributed by atoms with E-state index in [2.05, 4.69) is 10.3 Å². The standard InChI is InChI=1S/C33H29N3O3/c1-23(24-9-4-2-5-10-24)35-32(38)31(28-13-8-20-34-22-28)36(33(39)27-16-19-30(37)21-27)29-17-14-26(15-18-29)25-11-6-3-7-12-25/h2-15,17-18,20-23,31H,16,19H2,1H3,(H,35,38)/t23-,31?/m0/s1. The summed E-state index contributed by atoms with van der Waals surface area (Å²) in [5.41, 5.74) is 4.50. The maximum atomic E-state index is 14.0. The minimum atomic E-state index is -1.00. The van der Waals surface area contributed by atoms with Crippen LogP contribution in [0.1, 0.15) is 43.0 Å². The molecule has 4 aromatic rings. The fourth-order valence-electron chi connectivity index (χ4n) is 4.82. The van der Waals surface area contributed by atoms with Crippen LogP contribution < -0.4 is 10.2 Å². The number of aromatic nitrogens is 1. The summed E-state index contributed by atoms with van der Waals surface area (Å²) in [7, 11) is 0. The van der Waals surface area contributed by atoms with E-state index in [-0.39, 0.29) is 30.1 Å². The predicted molar refractivity (Wildman–Crippen MR) is 152 cm³/mol. The van der Waals surface area contributed by atoms with Gasteiger partial charge in [0.2, 0.25) is 5.91 Å². The lowest BCUT2D eigenvalue weighted by Gasteiger charge is -2.32. The normalized spacial score (nSPS) is 14.3. The van der Waals surface area contributed by atoms with E-state index < -0.39 is 6.04 Å². The highest BCUT2D eigenvalue weighted by Crippen LogP contribution is 2.33. The molecule has 0 saturated heterocycles. The molecule has 1 aliphatic carbocycles. The maximum Gasteiger partial charge on any atom is 0.255 e. The molecule has 0 saturated carbocycles. The van der Waals surface area contributed by atoms with E-state index >= 15 is 0 Å². The van der Waals surface area contributed by atoms with Crippen molar-refractivity contribution in [1.82, 2.24) is 10.3 Å². The Labute approximate surface area is 228 Å². The predicted octanol–water partition coefficient (Wildman–Crippen LogP) is 5.99. The Morgan fingerprint density at radius 2 is 1.44 bits per heavy atom. The van der Waals surface area contributed by atoms with E-state index in [1.54, 1.807) is 24.5 Å². The average Bonchev–Trinajstić information content (AvgIpc) is 3.43. The smallest absolute Gasteiger partial charge is 0.255 e. The van der Waals surface area contributed by atoms with Crippen molar-refractivity contribution in [2.75, 3.05) is 4.90 Å². The van der Waals surface area contributed by atoms with Crippen LogP contribution in [0.3, 0.4) is 0 Å². The third-order valence-corrected chi connectivity index (χ3v) is 6.89. The minimum absolute atomic E-state index is 0.0854. The quantitative estimate of drug-likeness (QED) is 0.313. The van der Waals surface area contributed by atoms with Gasteiger partial charge >= 0.3 is 0 Å². The van der Waals surface area contributed by atoms with E-state index in [1.165, 1.54) is 11.0 Å². The van der Waals surface area contributed by atoms with Gasteiger partial charge in [0, 0.05) is 35.6 Å². The Hall–Kier alpha value is -4.84. The van der Waals surface area contributed by atoms with Crippen LogP contribution >= 0.6 is 0 Å². The van der Waals surface area contributed by atoms with E-state index in [0.29, 0.717) is 23.2 Å². The average molecular weight is 516 g/mol. The van der Waals surface area contributed by atoms with Crippen molar-refractivity contribution in [1.29, 1.82) is 0 Å². The molecule has 1 unspecified atom stereocenters. The van der Waals surface area contributed by atoms with Crippen LogP contribution in [0.5, 0.6) is 0 Å². The number of benzene rings is 3. The zero-order valence-electron chi connectivity index (χ0n) is 21.7. The number of nitrogens with zero attached hydrogens (tertiary/aromatic N) is 2. The van der Waals surface area contributed by atoms with Gasteiger partial charge in [-0.3, -0.25) is 24.3 Å². The van der Waals surface area contributed by atoms with Gasteiger partial charge in [-0.1, -0.05) is 78.9 Å². The Bertz CT molecular complexity index is 1480. The molecule has 194 valence electrons. The first-order valence-electron chi connectivity index (χ1n) is 13.0. The molecule has 6 nitrogen and oxygen atoms in total. The number of hydrogen-bond acceptors (Lipinski definition) is 4. The molecule has 0 spiro atoms. The fraction of sp³-hybridized carbons (Fsp3) is 0.152. The maximum absolute atomic E-state index is 14.0. The molecule has 2 amide bonds. The first-order valence-corrected chi connectivity index (χ1v) is 13.0. The number of amides is 2. The lowest BCUT2D eigenvalue weighted by molar-refractivity contribution is -0.126. The molecular formula is C33H29N3O3. The Kier molecular flexibility index (Phi) is 7.73. The second kappa shape index (κ2) is 11.7. The van der Waals surface area contributed by atoms with Gasteiger partial charge in [-0.15, -0.1) is 0 Å². The highest BCUT2D eigenvalue weighted by atomic mass is 16.2. The van der Waals surface area contributed by atoms with Crippen molar-refractivity contribution < 1.29 is 14.4 Å². The molecule has 1 aliphatic rings. The van der Waals surface area contributed by atoms with Crippen LogP contribution in [0.25, 0.3) is 11.1 Å². The van der Waals surface area contributed by atoms with Gasteiger partial charge in [0.15, 0.2) is 5.78 Å². The van der Waals surface area contributed by atoms with E-state index in [0.717, 1.165) is 16.7 Å². The molecular weight excluding hydrogens is 486 g/mol. The van der Waals surface area contributed by atoms with Crippen LogP contribution in [0.4, 0.5) is 5.69 Å². The van der Waals surface area contributed by atoms with Crippen LogP contribution in [-0.4, -0.2) is 22.6 Å². The van der Waals surface area contributed by atoms with Crippen molar-refractivity contribution in [3.8, 4) is 11.1 Å². The molecule has 2 atom stereocenters. The Morgan fingerprint density at radius 3 is 2.05 bits per heavy atom. The van der Waals surface area contributed by atoms with Crippen molar-refractivity contribution in [3.05, 3.63) is 132 Å². The molecule has 1 aromatic heterocycles. The number of ketones is 1. The Morgan fingerprint density at radius 1 is 0.795 bits per heavy atom. The molecule has 39 heavy (non-hydrogen) atoms. The number of rotatable bonds is 8. The summed E-state index contributed by atoms with van der Waals surface area (Å²) in [6.07, 6.45) is 5.27. The van der Waals surface area contributed by atoms with Gasteiger partial charge < -0.3 is 5.32 Å². The molecule has 6 heteroatoms. The van der Waals surface area contributed by atoms with Gasteiger partial charge in [-0.2, -0.15) is 0 Å². The van der Waals surface area contributed by atoms with E-state index in [9.17, 15) is 14.4 Å². The van der Waals surface area contributed by atoms with Crippen LogP contribution in [0.2, 0.25) is 0 Å². The lowest BCUT2D eigenvalue weighted by atomic mass is 10.0. The SMILES string of the molecule is C[C@H](NC(=O)C(c1cccnc1)N(C(=O)C1=CC(=O)CC1)c1ccc(-c2ccccc2)cc1)c1ccccc1. The minimum Gasteiger partial charge on any atom is -0.347 e. The number of nitrogens with one attached hydrogen (secondary N) is 1. The van der Waals surface area contributed by atoms with E-state index in [1.807, 2.05) is 91.9 Å². The summed E-state index contributed by atoms with van der Waals surface area (Å²) in [5.74, 6) is -0.799. The number of pyridine rings is 1. The summed E-state index contributed by atoms with van der Waals surface area (Å²) in [6, 6.07) is 29.4. The van der Waals surface area contributed by atoms with Gasteiger partial charge in [0.05, 0.1) is 6.04 Å². The third-order valence-electron chi connectivity index (χ3n) is 6.89. The first-order chi connectivity index (χ1) is 19.0. The number of anilines is 1. The zero-order chi connectivity index (χ0) is 27.2. The van der Waals surface area contributed by atoms with Crippen LogP contribution in [-0.2, 0) is 14.4 Å². The number of allylic oxidation sites excluding steroid dienone is 1. The number of carbonyl (C=O) groups excluding carboxylic acids is 3. The Balaban J connectivity index is 1.57. The molecule has 3 aromatic carbocycles. The highest BCUT2D eigenvalue weighted by molar-refractivity contribution is 6.14. The molecule has 1 N–H and O–H groups in total.